The molecule has 1 unspecified atom stereocenters. The Kier molecular flexibility index (Phi) is 4.99. The molecule has 0 bridgehead atoms. The van der Waals surface area contributed by atoms with Gasteiger partial charge in [0.05, 0.1) is 12.0 Å². The lowest BCUT2D eigenvalue weighted by Gasteiger charge is -2.14. The SMILES string of the molecule is CC(C)OCCC(C(=O)O)c1ccccc1. The van der Waals surface area contributed by atoms with Crippen LogP contribution in [0.15, 0.2) is 30.3 Å². The normalized spacial score (nSPS) is 12.7. The summed E-state index contributed by atoms with van der Waals surface area (Å²) in [5, 5.41) is 9.14. The second-order valence-electron chi connectivity index (χ2n) is 4.01. The number of carboxylic acids is 1. The number of carboxylic acid groups (broad SMARTS) is 1. The van der Waals surface area contributed by atoms with Crippen molar-refractivity contribution in [2.24, 2.45) is 0 Å². The van der Waals surface area contributed by atoms with Crippen LogP contribution in [-0.4, -0.2) is 23.8 Å². The summed E-state index contributed by atoms with van der Waals surface area (Å²) in [5.74, 6) is -1.27. The first kappa shape index (κ1) is 12.7. The molecule has 3 heteroatoms. The average Bonchev–Trinajstić information content (AvgIpc) is 2.25. The maximum absolute atomic E-state index is 11.1. The predicted molar refractivity (Wildman–Crippen MR) is 62.5 cm³/mol. The smallest absolute Gasteiger partial charge is 0.311 e. The zero-order valence-electron chi connectivity index (χ0n) is 9.72. The Morgan fingerprint density at radius 1 is 1.31 bits per heavy atom. The Balaban J connectivity index is 2.59. The summed E-state index contributed by atoms with van der Waals surface area (Å²) >= 11 is 0. The van der Waals surface area contributed by atoms with Crippen molar-refractivity contribution >= 4 is 5.97 Å². The van der Waals surface area contributed by atoms with E-state index in [2.05, 4.69) is 0 Å². The molecule has 0 aromatic heterocycles. The van der Waals surface area contributed by atoms with E-state index in [1.807, 2.05) is 44.2 Å². The van der Waals surface area contributed by atoms with Gasteiger partial charge in [0.15, 0.2) is 0 Å². The zero-order chi connectivity index (χ0) is 12.0. The van der Waals surface area contributed by atoms with Crippen molar-refractivity contribution in [3.8, 4) is 0 Å². The molecule has 0 fully saturated rings. The summed E-state index contributed by atoms with van der Waals surface area (Å²) in [7, 11) is 0. The van der Waals surface area contributed by atoms with E-state index in [1.54, 1.807) is 0 Å². The van der Waals surface area contributed by atoms with E-state index in [4.69, 9.17) is 9.84 Å². The fraction of sp³-hybridized carbons (Fsp3) is 0.462. The molecule has 0 radical (unpaired) electrons. The molecule has 1 atom stereocenters. The van der Waals surface area contributed by atoms with Crippen molar-refractivity contribution in [2.75, 3.05) is 6.61 Å². The number of hydrogen-bond donors (Lipinski definition) is 1. The van der Waals surface area contributed by atoms with Gasteiger partial charge in [-0.2, -0.15) is 0 Å². The molecule has 1 rings (SSSR count). The van der Waals surface area contributed by atoms with Gasteiger partial charge in [0.25, 0.3) is 0 Å². The molecule has 1 aromatic rings. The first-order chi connectivity index (χ1) is 7.61. The van der Waals surface area contributed by atoms with Gasteiger partial charge in [-0.15, -0.1) is 0 Å². The van der Waals surface area contributed by atoms with Gasteiger partial charge >= 0.3 is 5.97 Å². The second-order valence-corrected chi connectivity index (χ2v) is 4.01. The molecule has 0 aliphatic rings. The Morgan fingerprint density at radius 2 is 1.94 bits per heavy atom. The first-order valence-corrected chi connectivity index (χ1v) is 5.50. The molecule has 1 N–H and O–H groups in total. The predicted octanol–water partition coefficient (Wildman–Crippen LogP) is 2.67. The van der Waals surface area contributed by atoms with E-state index in [0.29, 0.717) is 13.0 Å². The molecule has 0 amide bonds. The van der Waals surface area contributed by atoms with Crippen molar-refractivity contribution in [3.05, 3.63) is 35.9 Å². The van der Waals surface area contributed by atoms with E-state index in [1.165, 1.54) is 0 Å². The summed E-state index contributed by atoms with van der Waals surface area (Å²) < 4.78 is 5.38. The van der Waals surface area contributed by atoms with Gasteiger partial charge in [-0.1, -0.05) is 30.3 Å². The molecule has 0 aliphatic carbocycles. The minimum Gasteiger partial charge on any atom is -0.481 e. The van der Waals surface area contributed by atoms with E-state index in [9.17, 15) is 4.79 Å². The fourth-order valence-electron chi connectivity index (χ4n) is 1.54. The van der Waals surface area contributed by atoms with E-state index >= 15 is 0 Å². The standard InChI is InChI=1S/C13H18O3/c1-10(2)16-9-8-12(13(14)15)11-6-4-3-5-7-11/h3-7,10,12H,8-9H2,1-2H3,(H,14,15). The molecule has 0 heterocycles. The topological polar surface area (TPSA) is 46.5 Å². The Morgan fingerprint density at radius 3 is 2.44 bits per heavy atom. The van der Waals surface area contributed by atoms with Crippen molar-refractivity contribution in [2.45, 2.75) is 32.3 Å². The van der Waals surface area contributed by atoms with Crippen LogP contribution in [0.2, 0.25) is 0 Å². The molecule has 0 aliphatic heterocycles. The van der Waals surface area contributed by atoms with Gasteiger partial charge < -0.3 is 9.84 Å². The molecular formula is C13H18O3. The quantitative estimate of drug-likeness (QED) is 0.805. The maximum Gasteiger partial charge on any atom is 0.311 e. The Bertz CT molecular complexity index is 319. The summed E-state index contributed by atoms with van der Waals surface area (Å²) in [5.41, 5.74) is 0.836. The van der Waals surface area contributed by atoms with E-state index in [-0.39, 0.29) is 6.10 Å². The minimum atomic E-state index is -0.793. The average molecular weight is 222 g/mol. The molecule has 0 saturated heterocycles. The van der Waals surface area contributed by atoms with Gasteiger partial charge in [0.1, 0.15) is 0 Å². The van der Waals surface area contributed by atoms with Crippen LogP contribution in [0, 0.1) is 0 Å². The number of ether oxygens (including phenoxy) is 1. The largest absolute Gasteiger partial charge is 0.481 e. The molecule has 3 nitrogen and oxygen atoms in total. The van der Waals surface area contributed by atoms with Crippen LogP contribution < -0.4 is 0 Å². The van der Waals surface area contributed by atoms with Gasteiger partial charge in [-0.05, 0) is 25.8 Å². The first-order valence-electron chi connectivity index (χ1n) is 5.50. The maximum atomic E-state index is 11.1. The molecular weight excluding hydrogens is 204 g/mol. The van der Waals surface area contributed by atoms with Gasteiger partial charge in [0, 0.05) is 6.61 Å². The summed E-state index contributed by atoms with van der Waals surface area (Å²) in [4.78, 5) is 11.1. The molecule has 1 aromatic carbocycles. The third-order valence-corrected chi connectivity index (χ3v) is 2.36. The second kappa shape index (κ2) is 6.28. The van der Waals surface area contributed by atoms with Crippen LogP contribution in [0.3, 0.4) is 0 Å². The fourth-order valence-corrected chi connectivity index (χ4v) is 1.54. The lowest BCUT2D eigenvalue weighted by atomic mass is 9.96. The number of rotatable bonds is 6. The van der Waals surface area contributed by atoms with Crippen molar-refractivity contribution in [1.82, 2.24) is 0 Å². The van der Waals surface area contributed by atoms with E-state index < -0.39 is 11.9 Å². The molecule has 0 saturated carbocycles. The van der Waals surface area contributed by atoms with Crippen LogP contribution in [0.1, 0.15) is 31.7 Å². The van der Waals surface area contributed by atoms with Gasteiger partial charge in [0.2, 0.25) is 0 Å². The monoisotopic (exact) mass is 222 g/mol. The highest BCUT2D eigenvalue weighted by molar-refractivity contribution is 5.75. The lowest BCUT2D eigenvalue weighted by molar-refractivity contribution is -0.139. The number of benzene rings is 1. The van der Waals surface area contributed by atoms with Crippen molar-refractivity contribution in [1.29, 1.82) is 0 Å². The molecule has 88 valence electrons. The Hall–Kier alpha value is -1.35. The third kappa shape index (κ3) is 4.03. The van der Waals surface area contributed by atoms with Crippen LogP contribution >= 0.6 is 0 Å². The van der Waals surface area contributed by atoms with Crippen LogP contribution in [0.25, 0.3) is 0 Å². The lowest BCUT2D eigenvalue weighted by Crippen LogP contribution is -2.15. The summed E-state index contributed by atoms with van der Waals surface area (Å²) in [6.45, 7) is 4.36. The van der Waals surface area contributed by atoms with Crippen molar-refractivity contribution < 1.29 is 14.6 Å². The summed E-state index contributed by atoms with van der Waals surface area (Å²) in [6.07, 6.45) is 0.655. The number of carbonyl (C=O) groups is 1. The zero-order valence-corrected chi connectivity index (χ0v) is 9.72. The van der Waals surface area contributed by atoms with Gasteiger partial charge in [-0.25, -0.2) is 0 Å². The van der Waals surface area contributed by atoms with Crippen LogP contribution in [-0.2, 0) is 9.53 Å². The highest BCUT2D eigenvalue weighted by Crippen LogP contribution is 2.19. The van der Waals surface area contributed by atoms with Crippen molar-refractivity contribution in [3.63, 3.8) is 0 Å². The Labute approximate surface area is 96.1 Å². The number of hydrogen-bond acceptors (Lipinski definition) is 2. The van der Waals surface area contributed by atoms with E-state index in [0.717, 1.165) is 5.56 Å². The number of aliphatic carboxylic acids is 1. The third-order valence-electron chi connectivity index (χ3n) is 2.36. The summed E-state index contributed by atoms with van der Waals surface area (Å²) in [6, 6.07) is 9.28. The van der Waals surface area contributed by atoms with Crippen LogP contribution in [0.4, 0.5) is 0 Å². The van der Waals surface area contributed by atoms with Gasteiger partial charge in [-0.3, -0.25) is 4.79 Å². The molecule has 0 spiro atoms. The highest BCUT2D eigenvalue weighted by Gasteiger charge is 2.19. The minimum absolute atomic E-state index is 0.144. The molecule has 16 heavy (non-hydrogen) atoms. The van der Waals surface area contributed by atoms with Crippen LogP contribution in [0.5, 0.6) is 0 Å². The highest BCUT2D eigenvalue weighted by atomic mass is 16.5.